The number of aromatic nitrogens is 1. The summed E-state index contributed by atoms with van der Waals surface area (Å²) in [5.41, 5.74) is 0.447. The summed E-state index contributed by atoms with van der Waals surface area (Å²) in [7, 11) is 0. The molecule has 0 unspecified atom stereocenters. The second-order valence-electron chi connectivity index (χ2n) is 2.07. The molecule has 0 atom stereocenters. The van der Waals surface area contributed by atoms with Crippen molar-refractivity contribution in [3.8, 4) is 0 Å². The van der Waals surface area contributed by atoms with Gasteiger partial charge in [0.25, 0.3) is 0 Å². The first-order chi connectivity index (χ1) is 5.84. The van der Waals surface area contributed by atoms with Gasteiger partial charge in [-0.3, -0.25) is 4.98 Å². The Balaban J connectivity index is 2.54. The van der Waals surface area contributed by atoms with Gasteiger partial charge in [0.1, 0.15) is 6.61 Å². The molecular formula is C8H8ClNO2. The fourth-order valence-corrected chi connectivity index (χ4v) is 0.775. The van der Waals surface area contributed by atoms with E-state index in [2.05, 4.69) is 4.98 Å². The molecule has 1 rings (SSSR count). The number of rotatable bonds is 3. The molecule has 3 nitrogen and oxygen atoms in total. The summed E-state index contributed by atoms with van der Waals surface area (Å²) >= 11 is 5.34. The number of carbonyl (C=O) groups excluding carboxylic acids is 1. The predicted octanol–water partition coefficient (Wildman–Crippen LogP) is 1.48. The lowest BCUT2D eigenvalue weighted by molar-refractivity contribution is 0.0528. The molecule has 0 aliphatic carbocycles. The molecule has 0 saturated heterocycles. The van der Waals surface area contributed by atoms with Crippen LogP contribution < -0.4 is 0 Å². The fraction of sp³-hybridized carbons (Fsp3) is 0.250. The van der Waals surface area contributed by atoms with Gasteiger partial charge in [-0.1, -0.05) is 0 Å². The Morgan fingerprint density at radius 3 is 3.08 bits per heavy atom. The van der Waals surface area contributed by atoms with E-state index in [0.29, 0.717) is 11.4 Å². The number of esters is 1. The van der Waals surface area contributed by atoms with Crippen LogP contribution in [0.5, 0.6) is 0 Å². The van der Waals surface area contributed by atoms with Gasteiger partial charge >= 0.3 is 5.97 Å². The quantitative estimate of drug-likeness (QED) is 0.529. The second-order valence-corrected chi connectivity index (χ2v) is 2.44. The smallest absolute Gasteiger partial charge is 0.339 e. The maximum absolute atomic E-state index is 11.1. The molecule has 0 amide bonds. The van der Waals surface area contributed by atoms with Crippen LogP contribution in [0.4, 0.5) is 0 Å². The highest BCUT2D eigenvalue weighted by molar-refractivity contribution is 6.18. The molecule has 0 bridgehead atoms. The lowest BCUT2D eigenvalue weighted by Crippen LogP contribution is -2.07. The van der Waals surface area contributed by atoms with Crippen molar-refractivity contribution in [1.29, 1.82) is 0 Å². The molecule has 1 aromatic rings. The van der Waals surface area contributed by atoms with Crippen LogP contribution in [0.1, 0.15) is 10.4 Å². The van der Waals surface area contributed by atoms with E-state index >= 15 is 0 Å². The maximum atomic E-state index is 11.1. The van der Waals surface area contributed by atoms with E-state index in [0.717, 1.165) is 0 Å². The summed E-state index contributed by atoms with van der Waals surface area (Å²) in [5, 5.41) is 0. The Kier molecular flexibility index (Phi) is 3.54. The summed E-state index contributed by atoms with van der Waals surface area (Å²) < 4.78 is 4.77. The maximum Gasteiger partial charge on any atom is 0.339 e. The van der Waals surface area contributed by atoms with Gasteiger partial charge < -0.3 is 4.74 Å². The molecule has 0 radical (unpaired) electrons. The largest absolute Gasteiger partial charge is 0.461 e. The normalized spacial score (nSPS) is 9.42. The minimum absolute atomic E-state index is 0.231. The number of ether oxygens (including phenoxy) is 1. The average molecular weight is 186 g/mol. The van der Waals surface area contributed by atoms with Crippen LogP contribution in [0.2, 0.25) is 0 Å². The van der Waals surface area contributed by atoms with Gasteiger partial charge in [0.2, 0.25) is 0 Å². The van der Waals surface area contributed by atoms with Gasteiger partial charge in [0.15, 0.2) is 0 Å². The zero-order chi connectivity index (χ0) is 8.81. The number of alkyl halides is 1. The number of carbonyl (C=O) groups is 1. The Bertz CT molecular complexity index is 250. The summed E-state index contributed by atoms with van der Waals surface area (Å²) in [4.78, 5) is 14.9. The van der Waals surface area contributed by atoms with Crippen molar-refractivity contribution in [1.82, 2.24) is 4.98 Å². The van der Waals surface area contributed by atoms with Gasteiger partial charge in [0, 0.05) is 12.4 Å². The molecule has 1 aromatic heterocycles. The lowest BCUT2D eigenvalue weighted by Gasteiger charge is -2.00. The Hall–Kier alpha value is -1.09. The van der Waals surface area contributed by atoms with Crippen LogP contribution in [0.3, 0.4) is 0 Å². The average Bonchev–Trinajstić information content (AvgIpc) is 2.15. The van der Waals surface area contributed by atoms with Crippen LogP contribution in [-0.4, -0.2) is 23.4 Å². The summed E-state index contributed by atoms with van der Waals surface area (Å²) in [5.74, 6) is -0.0739. The fourth-order valence-electron chi connectivity index (χ4n) is 0.698. The summed E-state index contributed by atoms with van der Waals surface area (Å²) in [6.07, 6.45) is 3.05. The van der Waals surface area contributed by atoms with Crippen LogP contribution >= 0.6 is 11.6 Å². The number of pyridine rings is 1. The van der Waals surface area contributed by atoms with Crippen LogP contribution in [0.15, 0.2) is 24.5 Å². The highest BCUT2D eigenvalue weighted by atomic mass is 35.5. The third-order valence-electron chi connectivity index (χ3n) is 1.21. The lowest BCUT2D eigenvalue weighted by atomic mass is 10.3. The molecule has 0 aromatic carbocycles. The zero-order valence-corrected chi connectivity index (χ0v) is 7.12. The van der Waals surface area contributed by atoms with E-state index in [1.165, 1.54) is 6.20 Å². The molecular weight excluding hydrogens is 178 g/mol. The van der Waals surface area contributed by atoms with Gasteiger partial charge in [-0.2, -0.15) is 0 Å². The van der Waals surface area contributed by atoms with Crippen molar-refractivity contribution in [3.05, 3.63) is 30.1 Å². The number of hydrogen-bond acceptors (Lipinski definition) is 3. The van der Waals surface area contributed by atoms with Crippen molar-refractivity contribution in [3.63, 3.8) is 0 Å². The second kappa shape index (κ2) is 4.72. The molecule has 0 N–H and O–H groups in total. The first kappa shape index (κ1) is 9.00. The molecule has 0 fully saturated rings. The highest BCUT2D eigenvalue weighted by Crippen LogP contribution is 1.98. The highest BCUT2D eigenvalue weighted by Gasteiger charge is 2.04. The molecule has 0 aliphatic rings. The third kappa shape index (κ3) is 2.51. The van der Waals surface area contributed by atoms with Crippen LogP contribution in [-0.2, 0) is 4.74 Å². The first-order valence-electron chi connectivity index (χ1n) is 3.47. The van der Waals surface area contributed by atoms with Crippen molar-refractivity contribution < 1.29 is 9.53 Å². The van der Waals surface area contributed by atoms with Gasteiger partial charge in [0.05, 0.1) is 11.4 Å². The van der Waals surface area contributed by atoms with Gasteiger partial charge in [-0.05, 0) is 12.1 Å². The first-order valence-corrected chi connectivity index (χ1v) is 4.01. The number of nitrogens with zero attached hydrogens (tertiary/aromatic N) is 1. The molecule has 0 saturated carbocycles. The van der Waals surface area contributed by atoms with E-state index in [9.17, 15) is 4.79 Å². The van der Waals surface area contributed by atoms with E-state index in [1.807, 2.05) is 0 Å². The van der Waals surface area contributed by atoms with E-state index in [-0.39, 0.29) is 12.6 Å². The number of hydrogen-bond donors (Lipinski definition) is 0. The Morgan fingerprint density at radius 2 is 2.50 bits per heavy atom. The van der Waals surface area contributed by atoms with Gasteiger partial charge in [-0.25, -0.2) is 4.79 Å². The molecule has 4 heteroatoms. The predicted molar refractivity (Wildman–Crippen MR) is 45.2 cm³/mol. The molecule has 64 valence electrons. The minimum Gasteiger partial charge on any atom is -0.461 e. The Morgan fingerprint density at radius 1 is 1.67 bits per heavy atom. The monoisotopic (exact) mass is 185 g/mol. The Labute approximate surface area is 75.3 Å². The summed E-state index contributed by atoms with van der Waals surface area (Å²) in [6.45, 7) is 0.231. The van der Waals surface area contributed by atoms with E-state index in [4.69, 9.17) is 16.3 Å². The minimum atomic E-state index is -0.385. The van der Waals surface area contributed by atoms with Crippen molar-refractivity contribution in [2.45, 2.75) is 0 Å². The van der Waals surface area contributed by atoms with Crippen molar-refractivity contribution in [2.24, 2.45) is 0 Å². The zero-order valence-electron chi connectivity index (χ0n) is 6.37. The van der Waals surface area contributed by atoms with Crippen molar-refractivity contribution >= 4 is 17.6 Å². The van der Waals surface area contributed by atoms with Crippen LogP contribution in [0, 0.1) is 0 Å². The van der Waals surface area contributed by atoms with Gasteiger partial charge in [-0.15, -0.1) is 11.6 Å². The number of halogens is 1. The third-order valence-corrected chi connectivity index (χ3v) is 1.36. The standard InChI is InChI=1S/C8H8ClNO2/c9-3-5-12-8(11)7-2-1-4-10-6-7/h1-2,4,6H,3,5H2. The molecule has 0 aliphatic heterocycles. The van der Waals surface area contributed by atoms with E-state index < -0.39 is 0 Å². The van der Waals surface area contributed by atoms with E-state index in [1.54, 1.807) is 18.3 Å². The van der Waals surface area contributed by atoms with Crippen LogP contribution in [0.25, 0.3) is 0 Å². The topological polar surface area (TPSA) is 39.2 Å². The molecule has 1 heterocycles. The molecule has 0 spiro atoms. The summed E-state index contributed by atoms with van der Waals surface area (Å²) in [6, 6.07) is 3.32. The molecule has 12 heavy (non-hydrogen) atoms. The van der Waals surface area contributed by atoms with Crippen molar-refractivity contribution in [2.75, 3.05) is 12.5 Å². The SMILES string of the molecule is O=C(OCCCl)c1cccnc1.